The number of fused-ring (bicyclic) bond motifs is 2. The fourth-order valence-electron chi connectivity index (χ4n) is 4.01. The molecular weight excluding hydrogens is 436 g/mol. The Balaban J connectivity index is 1.44. The molecule has 2 atom stereocenters. The van der Waals surface area contributed by atoms with Crippen molar-refractivity contribution >= 4 is 43.4 Å². The van der Waals surface area contributed by atoms with Crippen molar-refractivity contribution < 1.29 is 13.2 Å². The molecule has 3 aromatic rings. The maximum absolute atomic E-state index is 12.3. The lowest BCUT2D eigenvalue weighted by atomic mass is 10.1. The van der Waals surface area contributed by atoms with Gasteiger partial charge in [0.05, 0.1) is 47.4 Å². The minimum Gasteiger partial charge on any atom is -0.497 e. The molecule has 2 aliphatic rings. The average molecular weight is 457 g/mol. The van der Waals surface area contributed by atoms with Crippen LogP contribution in [0.1, 0.15) is 5.82 Å². The van der Waals surface area contributed by atoms with Crippen LogP contribution < -0.4 is 15.2 Å². The van der Waals surface area contributed by atoms with E-state index in [-0.39, 0.29) is 29.1 Å². The molecule has 5 rings (SSSR count). The molecule has 31 heavy (non-hydrogen) atoms. The minimum absolute atomic E-state index is 0.0550. The average Bonchev–Trinajstić information content (AvgIpc) is 3.23. The van der Waals surface area contributed by atoms with Crippen LogP contribution in [0, 0.1) is 0 Å². The molecule has 0 saturated carbocycles. The number of H-pyrrole nitrogens is 1. The van der Waals surface area contributed by atoms with Gasteiger partial charge in [-0.2, -0.15) is 0 Å². The molecule has 1 aromatic heterocycles. The van der Waals surface area contributed by atoms with E-state index in [1.165, 1.54) is 11.8 Å². The van der Waals surface area contributed by atoms with Crippen molar-refractivity contribution in [3.05, 3.63) is 64.7 Å². The second kappa shape index (κ2) is 7.69. The third-order valence-electron chi connectivity index (χ3n) is 5.46. The number of nitrogens with one attached hydrogen (secondary N) is 1. The summed E-state index contributed by atoms with van der Waals surface area (Å²) < 4.78 is 29.6. The highest BCUT2D eigenvalue weighted by atomic mass is 32.2. The van der Waals surface area contributed by atoms with Crippen LogP contribution in [0.5, 0.6) is 5.75 Å². The first-order valence-electron chi connectivity index (χ1n) is 9.76. The Bertz CT molecular complexity index is 1340. The lowest BCUT2D eigenvalue weighted by Gasteiger charge is -2.26. The Morgan fingerprint density at radius 1 is 1.16 bits per heavy atom. The van der Waals surface area contributed by atoms with Crippen LogP contribution >= 0.6 is 11.8 Å². The number of anilines is 1. The molecule has 0 radical (unpaired) electrons. The largest absolute Gasteiger partial charge is 0.497 e. The van der Waals surface area contributed by atoms with Gasteiger partial charge >= 0.3 is 0 Å². The highest BCUT2D eigenvalue weighted by molar-refractivity contribution is 8.13. The van der Waals surface area contributed by atoms with E-state index in [9.17, 15) is 13.2 Å². The number of hydrogen-bond donors (Lipinski definition) is 1. The number of para-hydroxylation sites is 1. The van der Waals surface area contributed by atoms with Crippen molar-refractivity contribution in [3.63, 3.8) is 0 Å². The van der Waals surface area contributed by atoms with Crippen molar-refractivity contribution in [2.75, 3.05) is 23.5 Å². The molecule has 2 aromatic carbocycles. The third kappa shape index (κ3) is 3.81. The Morgan fingerprint density at radius 3 is 2.71 bits per heavy atom. The van der Waals surface area contributed by atoms with Gasteiger partial charge in [0.2, 0.25) is 0 Å². The number of aliphatic imine (C=N–C) groups is 1. The summed E-state index contributed by atoms with van der Waals surface area (Å²) in [4.78, 5) is 26.4. The van der Waals surface area contributed by atoms with E-state index in [1.807, 2.05) is 41.3 Å². The number of aromatic amines is 1. The summed E-state index contributed by atoms with van der Waals surface area (Å²) in [5.41, 5.74) is 1.33. The van der Waals surface area contributed by atoms with Gasteiger partial charge in [0.25, 0.3) is 5.56 Å². The van der Waals surface area contributed by atoms with Gasteiger partial charge in [-0.1, -0.05) is 23.9 Å². The van der Waals surface area contributed by atoms with Crippen LogP contribution in [0.4, 0.5) is 5.69 Å². The highest BCUT2D eigenvalue weighted by Gasteiger charge is 2.47. The molecule has 2 aliphatic heterocycles. The maximum Gasteiger partial charge on any atom is 0.258 e. The van der Waals surface area contributed by atoms with Crippen molar-refractivity contribution in [2.45, 2.75) is 17.8 Å². The number of methoxy groups -OCH3 is 1. The number of aromatic nitrogens is 2. The topological polar surface area (TPSA) is 105 Å². The van der Waals surface area contributed by atoms with Crippen molar-refractivity contribution in [1.82, 2.24) is 9.97 Å². The number of nitrogens with zero attached hydrogens (tertiary/aromatic N) is 3. The molecule has 160 valence electrons. The van der Waals surface area contributed by atoms with Crippen molar-refractivity contribution in [3.8, 4) is 5.75 Å². The number of amidine groups is 1. The van der Waals surface area contributed by atoms with Gasteiger partial charge in [-0.15, -0.1) is 0 Å². The Kier molecular flexibility index (Phi) is 4.98. The van der Waals surface area contributed by atoms with Gasteiger partial charge in [0.1, 0.15) is 11.6 Å². The quantitative estimate of drug-likeness (QED) is 0.642. The zero-order chi connectivity index (χ0) is 21.6. The van der Waals surface area contributed by atoms with Crippen LogP contribution in [0.25, 0.3) is 10.9 Å². The molecule has 0 amide bonds. The number of sulfone groups is 1. The molecule has 10 heteroatoms. The number of rotatable bonds is 4. The maximum atomic E-state index is 12.3. The molecule has 2 unspecified atom stereocenters. The molecule has 8 nitrogen and oxygen atoms in total. The molecule has 1 fully saturated rings. The standard InChI is InChI=1S/C21H20N4O4S2/c1-29-14-8-6-13(7-9-14)25-18-12-31(27,28)11-17(18)23-21(25)30-10-19-22-16-5-3-2-4-15(16)20(26)24-19/h2-9,17-18H,10-12H2,1H3,(H,22,24,26). The second-order valence-corrected chi connectivity index (χ2v) is 10.6. The summed E-state index contributed by atoms with van der Waals surface area (Å²) in [5.74, 6) is 1.82. The number of ether oxygens (including phenoxy) is 1. The van der Waals surface area contributed by atoms with Gasteiger partial charge in [0, 0.05) is 5.69 Å². The molecule has 0 spiro atoms. The van der Waals surface area contributed by atoms with E-state index in [1.54, 1.807) is 19.2 Å². The Hall–Kier alpha value is -2.85. The van der Waals surface area contributed by atoms with Crippen LogP contribution in [0.3, 0.4) is 0 Å². The van der Waals surface area contributed by atoms with E-state index in [0.29, 0.717) is 22.5 Å². The van der Waals surface area contributed by atoms with E-state index >= 15 is 0 Å². The molecular formula is C21H20N4O4S2. The molecule has 1 saturated heterocycles. The number of benzene rings is 2. The Morgan fingerprint density at radius 2 is 1.94 bits per heavy atom. The van der Waals surface area contributed by atoms with Gasteiger partial charge in [-0.05, 0) is 36.4 Å². The first-order valence-corrected chi connectivity index (χ1v) is 12.6. The summed E-state index contributed by atoms with van der Waals surface area (Å²) in [6.45, 7) is 0. The molecule has 3 heterocycles. The van der Waals surface area contributed by atoms with Crippen LogP contribution in [-0.4, -0.2) is 54.3 Å². The molecule has 0 aliphatic carbocycles. The van der Waals surface area contributed by atoms with E-state index in [2.05, 4.69) is 9.97 Å². The van der Waals surface area contributed by atoms with Gasteiger partial charge < -0.3 is 14.6 Å². The first-order chi connectivity index (χ1) is 14.9. The zero-order valence-corrected chi connectivity index (χ0v) is 18.3. The third-order valence-corrected chi connectivity index (χ3v) is 8.13. The molecule has 1 N–H and O–H groups in total. The summed E-state index contributed by atoms with van der Waals surface area (Å²) in [7, 11) is -1.52. The smallest absolute Gasteiger partial charge is 0.258 e. The minimum atomic E-state index is -3.12. The normalized spacial score (nSPS) is 21.8. The number of thioether (sulfide) groups is 1. The fourth-order valence-corrected chi connectivity index (χ4v) is 6.85. The van der Waals surface area contributed by atoms with Crippen LogP contribution in [-0.2, 0) is 15.6 Å². The van der Waals surface area contributed by atoms with Gasteiger partial charge in [-0.3, -0.25) is 9.79 Å². The summed E-state index contributed by atoms with van der Waals surface area (Å²) in [6, 6.07) is 14.2. The highest BCUT2D eigenvalue weighted by Crippen LogP contribution is 2.36. The van der Waals surface area contributed by atoms with Crippen LogP contribution in [0.15, 0.2) is 58.3 Å². The second-order valence-electron chi connectivity index (χ2n) is 7.51. The zero-order valence-electron chi connectivity index (χ0n) is 16.7. The SMILES string of the molecule is COc1ccc(N2C(SCc3nc4ccccc4c(=O)[nH]3)=NC3CS(=O)(=O)CC32)cc1. The monoisotopic (exact) mass is 456 g/mol. The first kappa shape index (κ1) is 20.1. The fraction of sp³-hybridized carbons (Fsp3) is 0.286. The predicted octanol–water partition coefficient (Wildman–Crippen LogP) is 2.21. The van der Waals surface area contributed by atoms with Crippen LogP contribution in [0.2, 0.25) is 0 Å². The van der Waals surface area contributed by atoms with Gasteiger partial charge in [-0.25, -0.2) is 13.4 Å². The van der Waals surface area contributed by atoms with Crippen molar-refractivity contribution in [2.24, 2.45) is 4.99 Å². The molecule has 0 bridgehead atoms. The summed E-state index contributed by atoms with van der Waals surface area (Å²) in [5, 5.41) is 1.28. The predicted molar refractivity (Wildman–Crippen MR) is 123 cm³/mol. The van der Waals surface area contributed by atoms with Gasteiger partial charge in [0.15, 0.2) is 15.0 Å². The lowest BCUT2D eigenvalue weighted by molar-refractivity contribution is 0.415. The Labute approximate surface area is 183 Å². The van der Waals surface area contributed by atoms with E-state index in [4.69, 9.17) is 9.73 Å². The van der Waals surface area contributed by atoms with E-state index in [0.717, 1.165) is 16.6 Å². The van der Waals surface area contributed by atoms with Crippen molar-refractivity contribution in [1.29, 1.82) is 0 Å². The van der Waals surface area contributed by atoms with E-state index < -0.39 is 9.84 Å². The summed E-state index contributed by atoms with van der Waals surface area (Å²) in [6.07, 6.45) is 0. The lowest BCUT2D eigenvalue weighted by Crippen LogP contribution is -2.39. The number of hydrogen-bond acceptors (Lipinski definition) is 8. The summed E-state index contributed by atoms with van der Waals surface area (Å²) >= 11 is 1.44.